The van der Waals surface area contributed by atoms with E-state index in [1.54, 1.807) is 12.3 Å². The Morgan fingerprint density at radius 1 is 1.45 bits per heavy atom. The molecule has 2 heterocycles. The normalized spacial score (nSPS) is 20.1. The second-order valence-corrected chi connectivity index (χ2v) is 8.34. The number of amides is 2. The van der Waals surface area contributed by atoms with Crippen LogP contribution in [0.25, 0.3) is 10.4 Å². The minimum absolute atomic E-state index is 0.0811. The summed E-state index contributed by atoms with van der Waals surface area (Å²) in [6.45, 7) is 2.87. The summed E-state index contributed by atoms with van der Waals surface area (Å²) >= 11 is 1.18. The number of hydrogen-bond acceptors (Lipinski definition) is 8. The second-order valence-electron chi connectivity index (χ2n) is 7.34. The molecule has 2 aliphatic rings. The van der Waals surface area contributed by atoms with Gasteiger partial charge in [-0.15, -0.1) is 0 Å². The molecule has 0 saturated carbocycles. The van der Waals surface area contributed by atoms with Crippen molar-refractivity contribution in [3.05, 3.63) is 72.6 Å². The minimum atomic E-state index is -0.713. The first-order valence-corrected chi connectivity index (χ1v) is 10.7. The lowest BCUT2D eigenvalue weighted by Gasteiger charge is -2.45. The Kier molecular flexibility index (Phi) is 7.36. The van der Waals surface area contributed by atoms with E-state index in [4.69, 9.17) is 10.3 Å². The fourth-order valence-corrected chi connectivity index (χ4v) is 4.54. The van der Waals surface area contributed by atoms with Crippen LogP contribution in [0.4, 0.5) is 5.69 Å². The smallest absolute Gasteiger partial charge is 0.356 e. The molecule has 1 aromatic carbocycles. The van der Waals surface area contributed by atoms with Crippen LogP contribution in [-0.4, -0.2) is 39.7 Å². The summed E-state index contributed by atoms with van der Waals surface area (Å²) < 4.78 is 5.38. The first-order chi connectivity index (χ1) is 15.7. The van der Waals surface area contributed by atoms with Crippen LogP contribution in [0, 0.1) is 16.0 Å². The molecule has 33 heavy (non-hydrogen) atoms. The number of nitro benzene ring substituents is 1. The number of carbonyl (C=O) groups is 3. The number of β-lactam (4-membered cyclic amide) rings is 1. The monoisotopic (exact) mass is 472 g/mol. The second kappa shape index (κ2) is 10.2. The van der Waals surface area contributed by atoms with Crippen LogP contribution < -0.4 is 5.32 Å². The van der Waals surface area contributed by atoms with Gasteiger partial charge < -0.3 is 15.0 Å². The zero-order valence-corrected chi connectivity index (χ0v) is 18.5. The summed E-state index contributed by atoms with van der Waals surface area (Å²) in [7, 11) is 0. The quantitative estimate of drug-likeness (QED) is 0.109. The van der Waals surface area contributed by atoms with Crippen molar-refractivity contribution in [3.8, 4) is 0 Å². The van der Waals surface area contributed by atoms with Gasteiger partial charge in [-0.25, -0.2) is 4.79 Å². The van der Waals surface area contributed by atoms with E-state index in [0.29, 0.717) is 16.9 Å². The lowest BCUT2D eigenvalue weighted by atomic mass is 9.82. The summed E-state index contributed by atoms with van der Waals surface area (Å²) in [4.78, 5) is 51.7. The molecule has 2 aliphatic heterocycles. The fraction of sp³-hybridized carbons (Fsp3) is 0.350. The number of non-ortho nitro benzene ring substituents is 1. The van der Waals surface area contributed by atoms with Gasteiger partial charge in [-0.05, 0) is 28.6 Å². The number of thioether (sulfide) groups is 1. The van der Waals surface area contributed by atoms with Gasteiger partial charge in [-0.2, -0.15) is 0 Å². The Bertz CT molecular complexity index is 1090. The third kappa shape index (κ3) is 5.16. The van der Waals surface area contributed by atoms with E-state index in [9.17, 15) is 24.5 Å². The van der Waals surface area contributed by atoms with Crippen molar-refractivity contribution >= 4 is 35.2 Å². The first-order valence-electron chi connectivity index (χ1n) is 9.84. The van der Waals surface area contributed by atoms with E-state index in [1.807, 2.05) is 0 Å². The number of ether oxygens (including phenoxy) is 1. The molecule has 0 radical (unpaired) electrons. The standard InChI is InChI=1S/C20H20N6O6S/c1-11(23-24-21)17-15-9-16(33-8-7-22-12(2)27)18(25(15)19(17)28)20(29)32-10-13-3-5-14(6-4-13)26(30)31/h3-8,11,15,17H,9-10H2,1-2H3,(H,22,27)/b8-7+/t11-,15-,17-/m1/s1. The Hall–Kier alpha value is -3.83. The van der Waals surface area contributed by atoms with Crippen LogP contribution >= 0.6 is 11.8 Å². The van der Waals surface area contributed by atoms with Crippen molar-refractivity contribution in [1.82, 2.24) is 10.2 Å². The lowest BCUT2D eigenvalue weighted by Crippen LogP contribution is -2.61. The highest BCUT2D eigenvalue weighted by Crippen LogP contribution is 2.48. The van der Waals surface area contributed by atoms with Gasteiger partial charge in [-0.3, -0.25) is 19.7 Å². The summed E-state index contributed by atoms with van der Waals surface area (Å²) in [6.07, 6.45) is 1.80. The molecule has 3 rings (SSSR count). The van der Waals surface area contributed by atoms with Crippen molar-refractivity contribution in [2.75, 3.05) is 0 Å². The maximum Gasteiger partial charge on any atom is 0.356 e. The van der Waals surface area contributed by atoms with Crippen LogP contribution in [0.15, 0.2) is 51.6 Å². The number of rotatable bonds is 9. The van der Waals surface area contributed by atoms with Crippen molar-refractivity contribution in [2.45, 2.75) is 39.0 Å². The molecule has 1 aromatic rings. The van der Waals surface area contributed by atoms with Crippen molar-refractivity contribution < 1.29 is 24.0 Å². The molecule has 0 bridgehead atoms. The molecule has 13 heteroatoms. The number of hydrogen-bond donors (Lipinski definition) is 1. The van der Waals surface area contributed by atoms with Crippen LogP contribution in [-0.2, 0) is 25.7 Å². The van der Waals surface area contributed by atoms with Gasteiger partial charge in [0.1, 0.15) is 12.3 Å². The first kappa shape index (κ1) is 23.8. The van der Waals surface area contributed by atoms with E-state index < -0.39 is 22.9 Å². The highest BCUT2D eigenvalue weighted by Gasteiger charge is 2.56. The van der Waals surface area contributed by atoms with E-state index in [-0.39, 0.29) is 35.8 Å². The third-order valence-electron chi connectivity index (χ3n) is 5.20. The zero-order valence-electron chi connectivity index (χ0n) is 17.7. The fourth-order valence-electron chi connectivity index (χ4n) is 3.68. The maximum absolute atomic E-state index is 12.9. The molecule has 0 spiro atoms. The van der Waals surface area contributed by atoms with Crippen molar-refractivity contribution in [3.63, 3.8) is 0 Å². The van der Waals surface area contributed by atoms with Gasteiger partial charge in [0.2, 0.25) is 11.8 Å². The number of carbonyl (C=O) groups excluding carboxylic acids is 3. The van der Waals surface area contributed by atoms with Crippen LogP contribution in [0.3, 0.4) is 0 Å². The number of esters is 1. The number of nitrogens with zero attached hydrogens (tertiary/aromatic N) is 5. The highest BCUT2D eigenvalue weighted by atomic mass is 32.2. The van der Waals surface area contributed by atoms with Crippen LogP contribution in [0.5, 0.6) is 0 Å². The van der Waals surface area contributed by atoms with Gasteiger partial charge in [0.25, 0.3) is 5.69 Å². The topological polar surface area (TPSA) is 168 Å². The predicted molar refractivity (Wildman–Crippen MR) is 118 cm³/mol. The lowest BCUT2D eigenvalue weighted by molar-refractivity contribution is -0.384. The largest absolute Gasteiger partial charge is 0.456 e. The molecule has 3 atom stereocenters. The molecule has 0 aliphatic carbocycles. The predicted octanol–water partition coefficient (Wildman–Crippen LogP) is 3.12. The Labute approximate surface area is 192 Å². The molecule has 12 nitrogen and oxygen atoms in total. The third-order valence-corrected chi connectivity index (χ3v) is 6.11. The Balaban J connectivity index is 1.76. The number of fused-ring (bicyclic) bond motifs is 1. The van der Waals surface area contributed by atoms with Gasteiger partial charge in [0.15, 0.2) is 0 Å². The Morgan fingerprint density at radius 3 is 2.76 bits per heavy atom. The highest BCUT2D eigenvalue weighted by molar-refractivity contribution is 8.05. The van der Waals surface area contributed by atoms with Gasteiger partial charge in [0, 0.05) is 47.5 Å². The van der Waals surface area contributed by atoms with Gasteiger partial charge in [-0.1, -0.05) is 23.8 Å². The average molecular weight is 472 g/mol. The van der Waals surface area contributed by atoms with E-state index in [1.165, 1.54) is 54.1 Å². The van der Waals surface area contributed by atoms with E-state index >= 15 is 0 Å². The Morgan fingerprint density at radius 2 is 2.15 bits per heavy atom. The van der Waals surface area contributed by atoms with Gasteiger partial charge in [0.05, 0.1) is 16.9 Å². The minimum Gasteiger partial charge on any atom is -0.456 e. The summed E-state index contributed by atoms with van der Waals surface area (Å²) in [6, 6.07) is 4.67. The summed E-state index contributed by atoms with van der Waals surface area (Å²) in [5.74, 6) is -1.84. The zero-order chi connectivity index (χ0) is 24.1. The maximum atomic E-state index is 12.9. The molecule has 0 aromatic heterocycles. The summed E-state index contributed by atoms with van der Waals surface area (Å²) in [5, 5.41) is 18.5. The van der Waals surface area contributed by atoms with Crippen LogP contribution in [0.2, 0.25) is 0 Å². The molecule has 1 saturated heterocycles. The molecule has 1 N–H and O–H groups in total. The van der Waals surface area contributed by atoms with Crippen LogP contribution in [0.1, 0.15) is 25.8 Å². The molecule has 0 unspecified atom stereocenters. The SMILES string of the molecule is CC(=O)N/C=C/SC1=C(C(=O)OCc2ccc([N+](=O)[O-])cc2)N2C(=O)[C@H]([C@@H](C)N=[N+]=[N-])[C@H]2C1. The van der Waals surface area contributed by atoms with Crippen molar-refractivity contribution in [1.29, 1.82) is 0 Å². The number of nitrogens with one attached hydrogen (secondary N) is 1. The number of nitro groups is 1. The molecular weight excluding hydrogens is 452 g/mol. The summed E-state index contributed by atoms with van der Waals surface area (Å²) in [5.41, 5.74) is 9.28. The molecule has 172 valence electrons. The number of benzene rings is 1. The molecule has 2 amide bonds. The van der Waals surface area contributed by atoms with E-state index in [2.05, 4.69) is 15.3 Å². The van der Waals surface area contributed by atoms with E-state index in [0.717, 1.165) is 0 Å². The van der Waals surface area contributed by atoms with Gasteiger partial charge >= 0.3 is 5.97 Å². The van der Waals surface area contributed by atoms with Crippen molar-refractivity contribution in [2.24, 2.45) is 11.0 Å². The number of azide groups is 1. The molecular formula is C20H20N6O6S. The average Bonchev–Trinajstić information content (AvgIpc) is 3.09. The molecule has 1 fully saturated rings.